The number of hydrogen-bond acceptors (Lipinski definition) is 5. The van der Waals surface area contributed by atoms with E-state index in [2.05, 4.69) is 4.74 Å². The van der Waals surface area contributed by atoms with E-state index < -0.39 is 24.1 Å². The van der Waals surface area contributed by atoms with Crippen LogP contribution in [0.5, 0.6) is 0 Å². The Labute approximate surface area is 162 Å². The van der Waals surface area contributed by atoms with Gasteiger partial charge in [0.1, 0.15) is 6.04 Å². The minimum absolute atomic E-state index is 0.0896. The molecule has 0 saturated heterocycles. The zero-order chi connectivity index (χ0) is 20.3. The highest BCUT2D eigenvalue weighted by Gasteiger charge is 2.35. The van der Waals surface area contributed by atoms with Crippen LogP contribution in [0.25, 0.3) is 11.1 Å². The zero-order valence-corrected chi connectivity index (χ0v) is 15.7. The van der Waals surface area contributed by atoms with Gasteiger partial charge in [0.15, 0.2) is 0 Å². The van der Waals surface area contributed by atoms with Crippen molar-refractivity contribution < 1.29 is 29.0 Å². The lowest BCUT2D eigenvalue weighted by molar-refractivity contribution is -0.141. The summed E-state index contributed by atoms with van der Waals surface area (Å²) in [5.74, 6) is -1.76. The summed E-state index contributed by atoms with van der Waals surface area (Å²) in [5.41, 5.74) is 4.46. The third kappa shape index (κ3) is 3.55. The predicted octanol–water partition coefficient (Wildman–Crippen LogP) is 3.24. The van der Waals surface area contributed by atoms with Crippen molar-refractivity contribution in [2.75, 3.05) is 19.1 Å². The first-order valence-electron chi connectivity index (χ1n) is 8.85. The summed E-state index contributed by atoms with van der Waals surface area (Å²) in [6, 6.07) is 12.1. The molecule has 0 heterocycles. The van der Waals surface area contributed by atoms with E-state index >= 15 is 0 Å². The van der Waals surface area contributed by atoms with Crippen molar-refractivity contribution in [2.24, 2.45) is 0 Å². The summed E-state index contributed by atoms with van der Waals surface area (Å²) < 4.78 is 9.48. The average Bonchev–Trinajstić information content (AvgIpc) is 3.09. The Balaban J connectivity index is 2.05. The third-order valence-electron chi connectivity index (χ3n) is 4.90. The Morgan fingerprint density at radius 2 is 1.75 bits per heavy atom. The van der Waals surface area contributed by atoms with E-state index in [0.717, 1.165) is 27.2 Å². The number of anilines is 1. The van der Waals surface area contributed by atoms with Crippen molar-refractivity contribution in [3.63, 3.8) is 0 Å². The van der Waals surface area contributed by atoms with Crippen LogP contribution in [0.2, 0.25) is 0 Å². The molecule has 0 radical (unpaired) electrons. The number of carboxylic acids is 1. The van der Waals surface area contributed by atoms with Gasteiger partial charge in [-0.1, -0.05) is 36.4 Å². The number of carbonyl (C=O) groups is 3. The molecule has 1 amide bonds. The Morgan fingerprint density at radius 1 is 1.04 bits per heavy atom. The summed E-state index contributed by atoms with van der Waals surface area (Å²) in [4.78, 5) is 37.2. The number of carbonyl (C=O) groups excluding carboxylic acids is 2. The van der Waals surface area contributed by atoms with Crippen LogP contribution in [0.4, 0.5) is 10.5 Å². The van der Waals surface area contributed by atoms with Crippen LogP contribution in [-0.4, -0.2) is 43.4 Å². The lowest BCUT2D eigenvalue weighted by Gasteiger charge is -2.29. The van der Waals surface area contributed by atoms with Crippen molar-refractivity contribution in [3.05, 3.63) is 53.6 Å². The molecule has 7 nitrogen and oxygen atoms in total. The van der Waals surface area contributed by atoms with E-state index in [1.807, 2.05) is 30.3 Å². The highest BCUT2D eigenvalue weighted by Crippen LogP contribution is 2.42. The fraction of sp³-hybridized carbons (Fsp3) is 0.286. The quantitative estimate of drug-likeness (QED) is 0.657. The molecule has 1 atom stereocenters. The van der Waals surface area contributed by atoms with Crippen LogP contribution in [0.15, 0.2) is 42.5 Å². The summed E-state index contributed by atoms with van der Waals surface area (Å²) in [6.45, 7) is 0. The second kappa shape index (κ2) is 8.12. The van der Waals surface area contributed by atoms with Crippen molar-refractivity contribution in [3.8, 4) is 11.1 Å². The normalized spacial score (nSPS) is 12.5. The number of nitrogens with zero attached hydrogens (tertiary/aromatic N) is 1. The molecular weight excluding hydrogens is 362 g/mol. The number of ether oxygens (including phenoxy) is 2. The molecule has 7 heteroatoms. The molecule has 1 aliphatic carbocycles. The smallest absolute Gasteiger partial charge is 0.414 e. The number of amides is 1. The molecule has 0 spiro atoms. The molecule has 1 aliphatic rings. The van der Waals surface area contributed by atoms with Crippen LogP contribution >= 0.6 is 0 Å². The van der Waals surface area contributed by atoms with Crippen LogP contribution in [0.3, 0.4) is 0 Å². The Hall–Kier alpha value is -3.35. The second-order valence-electron chi connectivity index (χ2n) is 6.45. The van der Waals surface area contributed by atoms with Gasteiger partial charge in [0.25, 0.3) is 0 Å². The van der Waals surface area contributed by atoms with E-state index in [4.69, 9.17) is 4.74 Å². The van der Waals surface area contributed by atoms with Gasteiger partial charge >= 0.3 is 18.0 Å². The van der Waals surface area contributed by atoms with Crippen molar-refractivity contribution in [1.82, 2.24) is 0 Å². The number of aliphatic carboxylic acids is 1. The van der Waals surface area contributed by atoms with Gasteiger partial charge in [0.2, 0.25) is 0 Å². The molecule has 0 saturated carbocycles. The fourth-order valence-electron chi connectivity index (χ4n) is 3.58. The number of rotatable bonds is 6. The Kier molecular flexibility index (Phi) is 5.63. The molecule has 146 valence electrons. The number of methoxy groups -OCH3 is 2. The van der Waals surface area contributed by atoms with Gasteiger partial charge < -0.3 is 14.6 Å². The number of fused-ring (bicyclic) bond motifs is 3. The zero-order valence-electron chi connectivity index (χ0n) is 15.7. The van der Waals surface area contributed by atoms with Gasteiger partial charge in [-0.25, -0.2) is 9.59 Å². The monoisotopic (exact) mass is 383 g/mol. The SMILES string of the molecule is COC(=O)CC[C@@H](C(=O)O)N(C(=O)OC)c1cccc2c1Cc1ccccc1-2. The highest BCUT2D eigenvalue weighted by molar-refractivity contribution is 5.98. The standard InChI is InChI=1S/C21H21NO6/c1-27-19(23)11-10-18(20(24)25)22(21(26)28-2)17-9-5-8-15-14-7-4-3-6-13(14)12-16(15)17/h3-9,18H,10-12H2,1-2H3,(H,24,25)/t18-/m0/s1. The van der Waals surface area contributed by atoms with Crippen LogP contribution in [0.1, 0.15) is 24.0 Å². The maximum Gasteiger partial charge on any atom is 0.414 e. The van der Waals surface area contributed by atoms with Gasteiger partial charge in [0.05, 0.1) is 19.9 Å². The first kappa shape index (κ1) is 19.4. The van der Waals surface area contributed by atoms with Crippen molar-refractivity contribution in [2.45, 2.75) is 25.3 Å². The summed E-state index contributed by atoms with van der Waals surface area (Å²) in [5, 5.41) is 9.76. The van der Waals surface area contributed by atoms with E-state index in [-0.39, 0.29) is 12.8 Å². The minimum atomic E-state index is -1.26. The largest absolute Gasteiger partial charge is 0.480 e. The first-order chi connectivity index (χ1) is 13.5. The molecule has 0 unspecified atom stereocenters. The molecule has 1 N–H and O–H groups in total. The topological polar surface area (TPSA) is 93.1 Å². The van der Waals surface area contributed by atoms with E-state index in [0.29, 0.717) is 12.1 Å². The summed E-state index contributed by atoms with van der Waals surface area (Å²) in [7, 11) is 2.43. The van der Waals surface area contributed by atoms with E-state index in [1.54, 1.807) is 12.1 Å². The molecule has 0 aromatic heterocycles. The fourth-order valence-corrected chi connectivity index (χ4v) is 3.58. The van der Waals surface area contributed by atoms with Gasteiger partial charge in [0, 0.05) is 12.8 Å². The number of esters is 1. The molecule has 0 fully saturated rings. The molecule has 0 bridgehead atoms. The molecule has 2 aromatic rings. The maximum atomic E-state index is 12.6. The van der Waals surface area contributed by atoms with E-state index in [9.17, 15) is 19.5 Å². The Morgan fingerprint density at radius 3 is 2.43 bits per heavy atom. The average molecular weight is 383 g/mol. The second-order valence-corrected chi connectivity index (χ2v) is 6.45. The van der Waals surface area contributed by atoms with Crippen molar-refractivity contribution >= 4 is 23.7 Å². The lowest BCUT2D eigenvalue weighted by Crippen LogP contribution is -2.46. The van der Waals surface area contributed by atoms with Crippen LogP contribution < -0.4 is 4.90 Å². The first-order valence-corrected chi connectivity index (χ1v) is 8.85. The predicted molar refractivity (Wildman–Crippen MR) is 102 cm³/mol. The highest BCUT2D eigenvalue weighted by atomic mass is 16.5. The molecule has 28 heavy (non-hydrogen) atoms. The molecule has 0 aliphatic heterocycles. The number of carboxylic acid groups (broad SMARTS) is 1. The lowest BCUT2D eigenvalue weighted by atomic mass is 10.0. The van der Waals surface area contributed by atoms with Gasteiger partial charge in [-0.05, 0) is 34.7 Å². The molecule has 3 rings (SSSR count). The van der Waals surface area contributed by atoms with E-state index in [1.165, 1.54) is 14.2 Å². The van der Waals surface area contributed by atoms with Gasteiger partial charge in [-0.2, -0.15) is 0 Å². The molecular formula is C21H21NO6. The minimum Gasteiger partial charge on any atom is -0.480 e. The number of hydrogen-bond donors (Lipinski definition) is 1. The Bertz CT molecular complexity index is 923. The van der Waals surface area contributed by atoms with Crippen LogP contribution in [0, 0.1) is 0 Å². The van der Waals surface area contributed by atoms with Crippen LogP contribution in [-0.2, 0) is 25.5 Å². The molecule has 2 aromatic carbocycles. The summed E-state index contributed by atoms with van der Waals surface area (Å²) in [6.07, 6.45) is -0.427. The van der Waals surface area contributed by atoms with Gasteiger partial charge in [-0.15, -0.1) is 0 Å². The van der Waals surface area contributed by atoms with Crippen molar-refractivity contribution in [1.29, 1.82) is 0 Å². The van der Waals surface area contributed by atoms with Gasteiger partial charge in [-0.3, -0.25) is 9.69 Å². The number of benzene rings is 2. The summed E-state index contributed by atoms with van der Waals surface area (Å²) >= 11 is 0. The maximum absolute atomic E-state index is 12.6. The third-order valence-corrected chi connectivity index (χ3v) is 4.90.